The van der Waals surface area contributed by atoms with E-state index in [1.165, 1.54) is 7.11 Å². The van der Waals surface area contributed by atoms with Crippen molar-refractivity contribution < 1.29 is 19.1 Å². The van der Waals surface area contributed by atoms with Gasteiger partial charge in [0, 0.05) is 6.42 Å². The van der Waals surface area contributed by atoms with E-state index in [2.05, 4.69) is 4.74 Å². The number of carbonyl (C=O) groups excluding carboxylic acids is 2. The normalized spacial score (nSPS) is 9.62. The summed E-state index contributed by atoms with van der Waals surface area (Å²) in [5, 5.41) is 0. The maximum atomic E-state index is 11.4. The van der Waals surface area contributed by atoms with Gasteiger partial charge in [0.15, 0.2) is 0 Å². The van der Waals surface area contributed by atoms with Gasteiger partial charge in [0.05, 0.1) is 12.7 Å². The molecular weight excluding hydrogens is 208 g/mol. The molecule has 0 aromatic heterocycles. The van der Waals surface area contributed by atoms with Crippen LogP contribution in [0.5, 0.6) is 5.75 Å². The lowest BCUT2D eigenvalue weighted by Gasteiger charge is -2.03. The van der Waals surface area contributed by atoms with Crippen LogP contribution in [0, 0.1) is 0 Å². The highest BCUT2D eigenvalue weighted by atomic mass is 16.6. The molecule has 0 N–H and O–H groups in total. The molecule has 1 rings (SSSR count). The van der Waals surface area contributed by atoms with Crippen molar-refractivity contribution in [2.24, 2.45) is 0 Å². The first-order valence-corrected chi connectivity index (χ1v) is 5.06. The van der Waals surface area contributed by atoms with E-state index in [0.717, 1.165) is 0 Å². The fraction of sp³-hybridized carbons (Fsp3) is 0.333. The fourth-order valence-corrected chi connectivity index (χ4v) is 1.14. The largest absolute Gasteiger partial charge is 0.497 e. The van der Waals surface area contributed by atoms with Crippen LogP contribution >= 0.6 is 0 Å². The average Bonchev–Trinajstić information content (AvgIpc) is 2.29. The molecule has 0 saturated heterocycles. The molecule has 0 heterocycles. The predicted octanol–water partition coefficient (Wildman–Crippen LogP) is 2.18. The Balaban J connectivity index is 2.62. The van der Waals surface area contributed by atoms with Crippen LogP contribution in [-0.2, 0) is 9.53 Å². The first-order valence-electron chi connectivity index (χ1n) is 5.06. The lowest BCUT2D eigenvalue weighted by molar-refractivity contribution is -0.137. The Bertz CT molecular complexity index is 367. The zero-order chi connectivity index (χ0) is 12.0. The van der Waals surface area contributed by atoms with Crippen molar-refractivity contribution >= 4 is 11.9 Å². The van der Waals surface area contributed by atoms with Crippen LogP contribution in [0.15, 0.2) is 24.3 Å². The second-order valence-electron chi connectivity index (χ2n) is 3.24. The van der Waals surface area contributed by atoms with Crippen molar-refractivity contribution in [3.8, 4) is 5.75 Å². The number of benzene rings is 1. The molecule has 16 heavy (non-hydrogen) atoms. The third kappa shape index (κ3) is 3.38. The molecule has 0 saturated carbocycles. The molecule has 0 bridgehead atoms. The minimum atomic E-state index is -0.624. The van der Waals surface area contributed by atoms with E-state index in [-0.39, 0.29) is 6.42 Å². The van der Waals surface area contributed by atoms with E-state index in [0.29, 0.717) is 17.7 Å². The zero-order valence-corrected chi connectivity index (χ0v) is 9.36. The lowest BCUT2D eigenvalue weighted by Crippen LogP contribution is -2.11. The molecule has 0 radical (unpaired) electrons. The molecule has 0 aliphatic heterocycles. The number of carbonyl (C=O) groups is 2. The number of rotatable bonds is 4. The van der Waals surface area contributed by atoms with Gasteiger partial charge in [-0.05, 0) is 30.7 Å². The van der Waals surface area contributed by atoms with E-state index < -0.39 is 11.9 Å². The SMILES string of the molecule is CCCC(=O)OC(=O)c1ccc(OC)cc1. The summed E-state index contributed by atoms with van der Waals surface area (Å²) < 4.78 is 9.58. The fourth-order valence-electron chi connectivity index (χ4n) is 1.14. The standard InChI is InChI=1S/C12H14O4/c1-3-4-11(13)16-12(14)9-5-7-10(15-2)8-6-9/h5-8H,3-4H2,1-2H3. The van der Waals surface area contributed by atoms with Crippen LogP contribution in [0.4, 0.5) is 0 Å². The van der Waals surface area contributed by atoms with E-state index in [9.17, 15) is 9.59 Å². The third-order valence-corrected chi connectivity index (χ3v) is 1.99. The molecule has 0 unspecified atom stereocenters. The van der Waals surface area contributed by atoms with Gasteiger partial charge in [-0.1, -0.05) is 6.92 Å². The average molecular weight is 222 g/mol. The third-order valence-electron chi connectivity index (χ3n) is 1.99. The zero-order valence-electron chi connectivity index (χ0n) is 9.36. The topological polar surface area (TPSA) is 52.6 Å². The monoisotopic (exact) mass is 222 g/mol. The van der Waals surface area contributed by atoms with E-state index in [4.69, 9.17) is 4.74 Å². The van der Waals surface area contributed by atoms with Crippen molar-refractivity contribution in [2.75, 3.05) is 7.11 Å². The molecule has 1 aromatic carbocycles. The summed E-state index contributed by atoms with van der Waals surface area (Å²) in [5.74, 6) is -0.471. The summed E-state index contributed by atoms with van der Waals surface area (Å²) in [6, 6.07) is 6.39. The highest BCUT2D eigenvalue weighted by molar-refractivity contribution is 5.96. The molecule has 86 valence electrons. The first kappa shape index (κ1) is 12.2. The maximum Gasteiger partial charge on any atom is 0.345 e. The van der Waals surface area contributed by atoms with Gasteiger partial charge in [0.2, 0.25) is 0 Å². The highest BCUT2D eigenvalue weighted by Gasteiger charge is 2.11. The molecule has 4 nitrogen and oxygen atoms in total. The number of esters is 2. The Morgan fingerprint density at radius 1 is 1.19 bits per heavy atom. The van der Waals surface area contributed by atoms with Crippen LogP contribution in [0.25, 0.3) is 0 Å². The number of ether oxygens (including phenoxy) is 2. The molecule has 0 amide bonds. The van der Waals surface area contributed by atoms with Gasteiger partial charge in [-0.2, -0.15) is 0 Å². The molecule has 0 fully saturated rings. The second kappa shape index (κ2) is 5.90. The quantitative estimate of drug-likeness (QED) is 0.578. The number of hydrogen-bond donors (Lipinski definition) is 0. The van der Waals surface area contributed by atoms with Crippen molar-refractivity contribution in [1.29, 1.82) is 0 Å². The van der Waals surface area contributed by atoms with Crippen molar-refractivity contribution in [2.45, 2.75) is 19.8 Å². The Kier molecular flexibility index (Phi) is 4.51. The van der Waals surface area contributed by atoms with Gasteiger partial charge >= 0.3 is 11.9 Å². The number of hydrogen-bond acceptors (Lipinski definition) is 4. The minimum absolute atomic E-state index is 0.252. The Labute approximate surface area is 94.2 Å². The Hall–Kier alpha value is -1.84. The molecule has 0 aliphatic rings. The summed E-state index contributed by atoms with van der Waals surface area (Å²) in [6.45, 7) is 1.85. The minimum Gasteiger partial charge on any atom is -0.497 e. The maximum absolute atomic E-state index is 11.4. The Morgan fingerprint density at radius 2 is 1.81 bits per heavy atom. The van der Waals surface area contributed by atoms with E-state index in [1.807, 2.05) is 6.92 Å². The van der Waals surface area contributed by atoms with Crippen LogP contribution in [0.1, 0.15) is 30.1 Å². The summed E-state index contributed by atoms with van der Waals surface area (Å²) in [5.41, 5.74) is 0.338. The van der Waals surface area contributed by atoms with Crippen LogP contribution < -0.4 is 4.74 Å². The molecular formula is C12H14O4. The molecule has 0 spiro atoms. The first-order chi connectivity index (χ1) is 7.67. The smallest absolute Gasteiger partial charge is 0.345 e. The van der Waals surface area contributed by atoms with Crippen LogP contribution in [0.3, 0.4) is 0 Å². The van der Waals surface area contributed by atoms with Gasteiger partial charge in [0.1, 0.15) is 5.75 Å². The predicted molar refractivity (Wildman–Crippen MR) is 58.3 cm³/mol. The van der Waals surface area contributed by atoms with Gasteiger partial charge in [0.25, 0.3) is 0 Å². The van der Waals surface area contributed by atoms with Crippen molar-refractivity contribution in [3.05, 3.63) is 29.8 Å². The van der Waals surface area contributed by atoms with Crippen molar-refractivity contribution in [3.63, 3.8) is 0 Å². The molecule has 0 atom stereocenters. The van der Waals surface area contributed by atoms with E-state index in [1.54, 1.807) is 24.3 Å². The van der Waals surface area contributed by atoms with Crippen LogP contribution in [-0.4, -0.2) is 19.0 Å². The highest BCUT2D eigenvalue weighted by Crippen LogP contribution is 2.12. The van der Waals surface area contributed by atoms with Crippen molar-refractivity contribution in [1.82, 2.24) is 0 Å². The summed E-state index contributed by atoms with van der Waals surface area (Å²) in [4.78, 5) is 22.5. The van der Waals surface area contributed by atoms with Gasteiger partial charge < -0.3 is 9.47 Å². The van der Waals surface area contributed by atoms with E-state index >= 15 is 0 Å². The van der Waals surface area contributed by atoms with Gasteiger partial charge in [-0.15, -0.1) is 0 Å². The van der Waals surface area contributed by atoms with Crippen LogP contribution in [0.2, 0.25) is 0 Å². The lowest BCUT2D eigenvalue weighted by atomic mass is 10.2. The number of methoxy groups -OCH3 is 1. The van der Waals surface area contributed by atoms with Gasteiger partial charge in [-0.25, -0.2) is 4.79 Å². The molecule has 1 aromatic rings. The second-order valence-corrected chi connectivity index (χ2v) is 3.24. The molecule has 0 aliphatic carbocycles. The summed E-state index contributed by atoms with van der Waals surface area (Å²) in [6.07, 6.45) is 0.913. The Morgan fingerprint density at radius 3 is 2.31 bits per heavy atom. The summed E-state index contributed by atoms with van der Waals surface area (Å²) in [7, 11) is 1.54. The van der Waals surface area contributed by atoms with Gasteiger partial charge in [-0.3, -0.25) is 4.79 Å². The summed E-state index contributed by atoms with van der Waals surface area (Å²) >= 11 is 0. The molecule has 4 heteroatoms.